The molecule has 3 heterocycles. The van der Waals surface area contributed by atoms with Crippen LogP contribution in [0.15, 0.2) is 188 Å². The molecule has 0 N–H and O–H groups in total. The second kappa shape index (κ2) is 18.6. The van der Waals surface area contributed by atoms with E-state index in [-0.39, 0.29) is 42.7 Å². The van der Waals surface area contributed by atoms with Crippen LogP contribution < -0.4 is 14.5 Å². The Morgan fingerprint density at radius 2 is 1.13 bits per heavy atom. The largest absolute Gasteiger partial charge is 0.509 e. The summed E-state index contributed by atoms with van der Waals surface area (Å²) >= 11 is 0. The minimum absolute atomic E-state index is 0. The SMILES string of the molecule is CC(C)(C)C1=CN(c2cc(-c3ccccc3)cc(C(C)(C)C)c2)[CH-]N1c1[c-]c(Oc2[c-]c3c(cc2)c2cc(C(C)(C)c4ccccc4)ccc2n3-c2cc(C(C)(C)c3ccccc3)ccn2)ccc1.[Pt]. The van der Waals surface area contributed by atoms with Crippen LogP contribution in [0.25, 0.3) is 38.8 Å². The number of hydrogen-bond donors (Lipinski definition) is 0. The van der Waals surface area contributed by atoms with Gasteiger partial charge in [0.1, 0.15) is 5.82 Å². The van der Waals surface area contributed by atoms with E-state index in [0.29, 0.717) is 11.5 Å². The minimum atomic E-state index is -0.253. The molecule has 7 aromatic carbocycles. The van der Waals surface area contributed by atoms with Crippen LogP contribution in [0.4, 0.5) is 11.4 Å². The molecule has 0 fully saturated rings. The van der Waals surface area contributed by atoms with Gasteiger partial charge < -0.3 is 19.1 Å². The Labute approximate surface area is 429 Å². The van der Waals surface area contributed by atoms with Gasteiger partial charge in [0, 0.05) is 71.9 Å². The summed E-state index contributed by atoms with van der Waals surface area (Å²) in [5.74, 6) is 2.02. The first-order valence-corrected chi connectivity index (χ1v) is 24.1. The maximum absolute atomic E-state index is 6.78. The maximum Gasteiger partial charge on any atom is 0.135 e. The summed E-state index contributed by atoms with van der Waals surface area (Å²) < 4.78 is 9.02. The summed E-state index contributed by atoms with van der Waals surface area (Å²) in [5.41, 5.74) is 13.0. The predicted molar refractivity (Wildman–Crippen MR) is 287 cm³/mol. The van der Waals surface area contributed by atoms with Crippen LogP contribution in [0.3, 0.4) is 0 Å². The Balaban J connectivity index is 0.00000608. The van der Waals surface area contributed by atoms with Crippen molar-refractivity contribution in [3.8, 4) is 28.4 Å². The zero-order chi connectivity index (χ0) is 48.3. The molecule has 0 spiro atoms. The van der Waals surface area contributed by atoms with Gasteiger partial charge in [-0.2, -0.15) is 12.1 Å². The molecular formula is C64H61N4OPt-3. The van der Waals surface area contributed by atoms with Gasteiger partial charge in [-0.25, -0.2) is 4.98 Å². The Bertz CT molecular complexity index is 3360. The second-order valence-corrected chi connectivity index (χ2v) is 21.6. The van der Waals surface area contributed by atoms with Crippen LogP contribution in [0.2, 0.25) is 0 Å². The van der Waals surface area contributed by atoms with Crippen molar-refractivity contribution in [2.75, 3.05) is 9.80 Å². The van der Waals surface area contributed by atoms with Crippen LogP contribution in [0.1, 0.15) is 97.1 Å². The molecule has 9 aromatic rings. The number of rotatable bonds is 10. The van der Waals surface area contributed by atoms with Crippen molar-refractivity contribution in [1.29, 1.82) is 0 Å². The number of pyridine rings is 1. The number of ether oxygens (including phenoxy) is 1. The van der Waals surface area contributed by atoms with Crippen LogP contribution in [0.5, 0.6) is 11.5 Å². The summed E-state index contributed by atoms with van der Waals surface area (Å²) in [6.45, 7) is 24.9. The molecule has 0 aliphatic carbocycles. The third kappa shape index (κ3) is 9.25. The zero-order valence-electron chi connectivity index (χ0n) is 41.9. The maximum atomic E-state index is 6.78. The molecule has 0 radical (unpaired) electrons. The molecule has 0 atom stereocenters. The molecule has 0 unspecified atom stereocenters. The number of hydrogen-bond acceptors (Lipinski definition) is 4. The van der Waals surface area contributed by atoms with Crippen LogP contribution in [-0.2, 0) is 37.3 Å². The Morgan fingerprint density at radius 1 is 0.500 bits per heavy atom. The molecule has 5 nitrogen and oxygen atoms in total. The average Bonchev–Trinajstić information content (AvgIpc) is 3.95. The number of aromatic nitrogens is 2. The van der Waals surface area contributed by atoms with Gasteiger partial charge >= 0.3 is 0 Å². The van der Waals surface area contributed by atoms with Gasteiger partial charge in [0.15, 0.2) is 0 Å². The fourth-order valence-corrected chi connectivity index (χ4v) is 9.63. The Hall–Kier alpha value is -6.68. The van der Waals surface area contributed by atoms with E-state index in [4.69, 9.17) is 9.72 Å². The van der Waals surface area contributed by atoms with Crippen molar-refractivity contribution in [1.82, 2.24) is 9.55 Å². The summed E-state index contributed by atoms with van der Waals surface area (Å²) in [7, 11) is 0. The summed E-state index contributed by atoms with van der Waals surface area (Å²) in [6, 6.07) is 67.9. The van der Waals surface area contributed by atoms with Crippen molar-refractivity contribution >= 4 is 33.2 Å². The molecule has 1 aliphatic rings. The number of benzene rings is 7. The molecule has 0 amide bonds. The van der Waals surface area contributed by atoms with Gasteiger partial charge in [0.25, 0.3) is 0 Å². The van der Waals surface area contributed by atoms with E-state index in [9.17, 15) is 0 Å². The molecule has 0 bridgehead atoms. The number of allylic oxidation sites excluding steroid dienone is 1. The number of fused-ring (bicyclic) bond motifs is 3. The van der Waals surface area contributed by atoms with Crippen molar-refractivity contribution in [2.45, 2.75) is 85.5 Å². The molecule has 70 heavy (non-hydrogen) atoms. The smallest absolute Gasteiger partial charge is 0.135 e. The molecule has 6 heteroatoms. The summed E-state index contributed by atoms with van der Waals surface area (Å²) in [5, 5.41) is 2.21. The first-order chi connectivity index (χ1) is 32.9. The van der Waals surface area contributed by atoms with E-state index in [1.54, 1.807) is 0 Å². The van der Waals surface area contributed by atoms with Crippen LogP contribution >= 0.6 is 0 Å². The predicted octanol–water partition coefficient (Wildman–Crippen LogP) is 16.5. The quantitative estimate of drug-likeness (QED) is 0.128. The molecule has 0 saturated carbocycles. The van der Waals surface area contributed by atoms with Crippen molar-refractivity contribution < 1.29 is 25.8 Å². The van der Waals surface area contributed by atoms with Crippen molar-refractivity contribution in [3.05, 3.63) is 235 Å². The molecule has 356 valence electrons. The van der Waals surface area contributed by atoms with Gasteiger partial charge in [0.2, 0.25) is 0 Å². The Kier molecular flexibility index (Phi) is 12.8. The van der Waals surface area contributed by atoms with E-state index in [1.807, 2.05) is 24.4 Å². The second-order valence-electron chi connectivity index (χ2n) is 21.6. The van der Waals surface area contributed by atoms with Crippen LogP contribution in [-0.4, -0.2) is 9.55 Å². The molecule has 1 aliphatic heterocycles. The van der Waals surface area contributed by atoms with E-state index < -0.39 is 0 Å². The van der Waals surface area contributed by atoms with Crippen molar-refractivity contribution in [2.24, 2.45) is 5.41 Å². The van der Waals surface area contributed by atoms with E-state index in [0.717, 1.165) is 44.7 Å². The number of nitrogens with zero attached hydrogens (tertiary/aromatic N) is 4. The van der Waals surface area contributed by atoms with E-state index in [1.165, 1.54) is 38.9 Å². The van der Waals surface area contributed by atoms with E-state index >= 15 is 0 Å². The standard InChI is InChI=1S/C64H61N4O.Pt/c1-61(2,3)50-35-45(44-21-14-11-15-22-44)36-52(37-50)66-42-59(62(4,5)6)67(43-66)51-27-20-28-53(40-51)69-54-30-31-55-56-38-48(63(7,8)46-23-16-12-17-24-46)29-32-57(56)68(58(55)41-54)60-39-49(33-34-65-60)64(9,10)47-25-18-13-19-26-47;/h11-39,42-43H,1-10H3;/q-3;. The first-order valence-electron chi connectivity index (χ1n) is 24.1. The topological polar surface area (TPSA) is 33.5 Å². The summed E-state index contributed by atoms with van der Waals surface area (Å²) in [6.07, 6.45) is 4.19. The third-order valence-electron chi connectivity index (χ3n) is 14.0. The first kappa shape index (κ1) is 48.3. The average molecular weight is 1100 g/mol. The van der Waals surface area contributed by atoms with Crippen molar-refractivity contribution in [3.63, 3.8) is 0 Å². The normalized spacial score (nSPS) is 13.4. The Morgan fingerprint density at radius 3 is 1.77 bits per heavy atom. The van der Waals surface area contributed by atoms with Gasteiger partial charge in [0.05, 0.1) is 0 Å². The molecular weight excluding hydrogens is 1040 g/mol. The minimum Gasteiger partial charge on any atom is -0.509 e. The molecule has 0 saturated heterocycles. The molecule has 10 rings (SSSR count). The van der Waals surface area contributed by atoms with Gasteiger partial charge in [-0.1, -0.05) is 184 Å². The van der Waals surface area contributed by atoms with Gasteiger partial charge in [-0.15, -0.1) is 48.1 Å². The zero-order valence-corrected chi connectivity index (χ0v) is 44.2. The monoisotopic (exact) mass is 1100 g/mol. The van der Waals surface area contributed by atoms with E-state index in [2.05, 4.69) is 260 Å². The fraction of sp³-hybridized carbons (Fsp3) is 0.219. The molecule has 2 aromatic heterocycles. The van der Waals surface area contributed by atoms with Gasteiger partial charge in [-0.05, 0) is 86.3 Å². The van der Waals surface area contributed by atoms with Crippen LogP contribution in [0, 0.1) is 24.2 Å². The fourth-order valence-electron chi connectivity index (χ4n) is 9.63. The number of anilines is 2. The summed E-state index contributed by atoms with van der Waals surface area (Å²) in [4.78, 5) is 9.54. The third-order valence-corrected chi connectivity index (χ3v) is 14.0. The van der Waals surface area contributed by atoms with Gasteiger partial charge in [-0.3, -0.25) is 0 Å².